The fourth-order valence-corrected chi connectivity index (χ4v) is 5.79. The Balaban J connectivity index is 1.48. The van der Waals surface area contributed by atoms with Crippen LogP contribution in [0.5, 0.6) is 0 Å². The number of nitrogens with one attached hydrogen (secondary N) is 1. The fraction of sp³-hybridized carbons (Fsp3) is 0.700. The van der Waals surface area contributed by atoms with E-state index in [1.807, 2.05) is 25.1 Å². The maximum atomic E-state index is 12.6. The topological polar surface area (TPSA) is 82.6 Å². The standard InChI is InChI=1S/C20H32N4O3S/c1-2-14-28(26,27)24-12-8-19(9-13-24)23-11-5-6-17(16-23)20(25)22-15-18-7-3-4-10-21-18/h3-4,7,10,17,19H,2,5-6,8-9,11-16H2,1H3,(H,22,25)/t17-/m0/s1. The normalized spacial score (nSPS) is 22.8. The van der Waals surface area contributed by atoms with Crippen LogP contribution < -0.4 is 5.32 Å². The average molecular weight is 409 g/mol. The van der Waals surface area contributed by atoms with Crippen LogP contribution in [0.2, 0.25) is 0 Å². The predicted octanol–water partition coefficient (Wildman–Crippen LogP) is 1.61. The van der Waals surface area contributed by atoms with E-state index in [9.17, 15) is 13.2 Å². The molecule has 2 aliphatic heterocycles. The minimum absolute atomic E-state index is 0.000633. The number of hydrogen-bond acceptors (Lipinski definition) is 5. The van der Waals surface area contributed by atoms with Gasteiger partial charge in [0.05, 0.1) is 23.9 Å². The molecule has 0 aromatic carbocycles. The molecular formula is C20H32N4O3S. The summed E-state index contributed by atoms with van der Waals surface area (Å²) in [7, 11) is -3.10. The van der Waals surface area contributed by atoms with E-state index in [0.717, 1.165) is 44.5 Å². The van der Waals surface area contributed by atoms with Gasteiger partial charge in [0.15, 0.2) is 0 Å². The minimum atomic E-state index is -3.10. The number of sulfonamides is 1. The molecule has 0 saturated carbocycles. The quantitative estimate of drug-likeness (QED) is 0.741. The van der Waals surface area contributed by atoms with Gasteiger partial charge in [-0.25, -0.2) is 12.7 Å². The van der Waals surface area contributed by atoms with Crippen molar-refractivity contribution in [2.45, 2.75) is 51.6 Å². The van der Waals surface area contributed by atoms with Crippen LogP contribution in [0, 0.1) is 5.92 Å². The Morgan fingerprint density at radius 1 is 1.21 bits per heavy atom. The second-order valence-electron chi connectivity index (χ2n) is 7.82. The lowest BCUT2D eigenvalue weighted by Crippen LogP contribution is -2.51. The number of amides is 1. The number of hydrogen-bond donors (Lipinski definition) is 1. The highest BCUT2D eigenvalue weighted by Gasteiger charge is 2.33. The van der Waals surface area contributed by atoms with Gasteiger partial charge < -0.3 is 5.32 Å². The third kappa shape index (κ3) is 5.52. The number of aromatic nitrogens is 1. The van der Waals surface area contributed by atoms with Crippen molar-refractivity contribution in [2.24, 2.45) is 5.92 Å². The third-order valence-electron chi connectivity index (χ3n) is 5.79. The van der Waals surface area contributed by atoms with Gasteiger partial charge in [0.1, 0.15) is 0 Å². The van der Waals surface area contributed by atoms with E-state index in [2.05, 4.69) is 15.2 Å². The smallest absolute Gasteiger partial charge is 0.224 e. The molecule has 156 valence electrons. The van der Waals surface area contributed by atoms with E-state index < -0.39 is 10.0 Å². The molecule has 1 aromatic rings. The molecule has 0 spiro atoms. The maximum Gasteiger partial charge on any atom is 0.224 e. The zero-order valence-electron chi connectivity index (χ0n) is 16.7. The number of likely N-dealkylation sites (tertiary alicyclic amines) is 1. The van der Waals surface area contributed by atoms with Gasteiger partial charge in [-0.3, -0.25) is 14.7 Å². The maximum absolute atomic E-state index is 12.6. The molecule has 2 fully saturated rings. The summed E-state index contributed by atoms with van der Waals surface area (Å²) in [5.74, 6) is 0.331. The summed E-state index contributed by atoms with van der Waals surface area (Å²) in [5.41, 5.74) is 0.865. The first kappa shape index (κ1) is 21.2. The van der Waals surface area contributed by atoms with Crippen molar-refractivity contribution < 1.29 is 13.2 Å². The SMILES string of the molecule is CCCS(=O)(=O)N1CCC(N2CCC[C@H](C(=O)NCc3ccccn3)C2)CC1. The molecule has 1 aromatic heterocycles. The van der Waals surface area contributed by atoms with Gasteiger partial charge in [-0.05, 0) is 50.8 Å². The number of carbonyl (C=O) groups is 1. The van der Waals surface area contributed by atoms with Crippen LogP contribution >= 0.6 is 0 Å². The lowest BCUT2D eigenvalue weighted by molar-refractivity contribution is -0.127. The molecule has 1 atom stereocenters. The zero-order valence-corrected chi connectivity index (χ0v) is 17.5. The van der Waals surface area contributed by atoms with Crippen LogP contribution in [0.25, 0.3) is 0 Å². The Hall–Kier alpha value is -1.51. The van der Waals surface area contributed by atoms with Crippen molar-refractivity contribution in [1.29, 1.82) is 0 Å². The first-order valence-electron chi connectivity index (χ1n) is 10.4. The van der Waals surface area contributed by atoms with E-state index in [1.165, 1.54) is 0 Å². The average Bonchev–Trinajstić information content (AvgIpc) is 2.73. The van der Waals surface area contributed by atoms with Crippen LogP contribution in [-0.2, 0) is 21.4 Å². The summed E-state index contributed by atoms with van der Waals surface area (Å²) >= 11 is 0. The second kappa shape index (κ2) is 9.80. The third-order valence-corrected chi connectivity index (χ3v) is 7.86. The highest BCUT2D eigenvalue weighted by molar-refractivity contribution is 7.89. The molecular weight excluding hydrogens is 376 g/mol. The molecule has 0 bridgehead atoms. The fourth-order valence-electron chi connectivity index (χ4n) is 4.25. The Morgan fingerprint density at radius 2 is 2.00 bits per heavy atom. The van der Waals surface area contributed by atoms with Gasteiger partial charge in [0, 0.05) is 31.9 Å². The summed E-state index contributed by atoms with van der Waals surface area (Å²) in [4.78, 5) is 19.2. The molecule has 2 saturated heterocycles. The van der Waals surface area contributed by atoms with Gasteiger partial charge in [-0.1, -0.05) is 13.0 Å². The molecule has 3 heterocycles. The molecule has 28 heavy (non-hydrogen) atoms. The second-order valence-corrected chi connectivity index (χ2v) is 9.91. The highest BCUT2D eigenvalue weighted by Crippen LogP contribution is 2.25. The molecule has 7 nitrogen and oxygen atoms in total. The van der Waals surface area contributed by atoms with Gasteiger partial charge in [-0.15, -0.1) is 0 Å². The highest BCUT2D eigenvalue weighted by atomic mass is 32.2. The van der Waals surface area contributed by atoms with Crippen LogP contribution in [-0.4, -0.2) is 66.5 Å². The van der Waals surface area contributed by atoms with Gasteiger partial charge in [0.25, 0.3) is 0 Å². The van der Waals surface area contributed by atoms with Crippen molar-refractivity contribution >= 4 is 15.9 Å². The zero-order chi connectivity index (χ0) is 20.0. The number of pyridine rings is 1. The molecule has 1 amide bonds. The van der Waals surface area contributed by atoms with Gasteiger partial charge in [0.2, 0.25) is 15.9 Å². The number of carbonyl (C=O) groups excluding carboxylic acids is 1. The van der Waals surface area contributed by atoms with Crippen LogP contribution in [0.15, 0.2) is 24.4 Å². The number of nitrogens with zero attached hydrogens (tertiary/aromatic N) is 3. The summed E-state index contributed by atoms with van der Waals surface area (Å²) < 4.78 is 26.2. The lowest BCUT2D eigenvalue weighted by Gasteiger charge is -2.41. The van der Waals surface area contributed by atoms with Crippen molar-refractivity contribution in [1.82, 2.24) is 19.5 Å². The van der Waals surface area contributed by atoms with Crippen LogP contribution in [0.4, 0.5) is 0 Å². The molecule has 2 aliphatic rings. The summed E-state index contributed by atoms with van der Waals surface area (Å²) in [6, 6.07) is 6.07. The molecule has 3 rings (SSSR count). The Labute approximate surface area is 168 Å². The predicted molar refractivity (Wildman–Crippen MR) is 109 cm³/mol. The largest absolute Gasteiger partial charge is 0.350 e. The van der Waals surface area contributed by atoms with Crippen LogP contribution in [0.1, 0.15) is 44.7 Å². The molecule has 0 aliphatic carbocycles. The van der Waals surface area contributed by atoms with E-state index in [4.69, 9.17) is 0 Å². The Kier molecular flexibility index (Phi) is 7.42. The summed E-state index contributed by atoms with van der Waals surface area (Å²) in [6.07, 6.45) is 6.02. The van der Waals surface area contributed by atoms with Crippen LogP contribution in [0.3, 0.4) is 0 Å². The number of piperidine rings is 2. The number of rotatable bonds is 7. The minimum Gasteiger partial charge on any atom is -0.350 e. The Bertz CT molecular complexity index is 733. The molecule has 0 radical (unpaired) electrons. The van der Waals surface area contributed by atoms with Gasteiger partial charge >= 0.3 is 0 Å². The molecule has 8 heteroatoms. The summed E-state index contributed by atoms with van der Waals surface area (Å²) in [6.45, 7) is 5.32. The first-order valence-corrected chi connectivity index (χ1v) is 12.0. The van der Waals surface area contributed by atoms with E-state index in [0.29, 0.717) is 32.1 Å². The van der Waals surface area contributed by atoms with E-state index in [1.54, 1.807) is 10.5 Å². The van der Waals surface area contributed by atoms with Crippen molar-refractivity contribution in [3.05, 3.63) is 30.1 Å². The van der Waals surface area contributed by atoms with E-state index >= 15 is 0 Å². The lowest BCUT2D eigenvalue weighted by atomic mass is 9.93. The van der Waals surface area contributed by atoms with Crippen molar-refractivity contribution in [3.63, 3.8) is 0 Å². The van der Waals surface area contributed by atoms with Crippen molar-refractivity contribution in [2.75, 3.05) is 31.9 Å². The molecule has 1 N–H and O–H groups in total. The molecule has 0 unspecified atom stereocenters. The monoisotopic (exact) mass is 408 g/mol. The first-order chi connectivity index (χ1) is 13.5. The summed E-state index contributed by atoms with van der Waals surface area (Å²) in [5, 5.41) is 3.02. The van der Waals surface area contributed by atoms with Gasteiger partial charge in [-0.2, -0.15) is 0 Å². The Morgan fingerprint density at radius 3 is 2.68 bits per heavy atom. The van der Waals surface area contributed by atoms with Crippen molar-refractivity contribution in [3.8, 4) is 0 Å². The van der Waals surface area contributed by atoms with E-state index in [-0.39, 0.29) is 17.6 Å².